The van der Waals surface area contributed by atoms with Gasteiger partial charge in [-0.1, -0.05) is 17.7 Å². The third-order valence-corrected chi connectivity index (χ3v) is 6.20. The Morgan fingerprint density at radius 2 is 2.10 bits per heavy atom. The van der Waals surface area contributed by atoms with Crippen LogP contribution in [0.1, 0.15) is 18.9 Å². The number of hydrogen-bond acceptors (Lipinski definition) is 4. The molecule has 1 atom stereocenters. The molecular weight excluding hydrogens is 310 g/mol. The Morgan fingerprint density at radius 3 is 2.71 bits per heavy atom. The first-order valence-corrected chi connectivity index (χ1v) is 8.87. The molecule has 0 saturated carbocycles. The molecule has 21 heavy (non-hydrogen) atoms. The van der Waals surface area contributed by atoms with E-state index < -0.39 is 10.0 Å². The average Bonchev–Trinajstić information content (AvgIpc) is 2.59. The first-order valence-electron chi connectivity index (χ1n) is 7.05. The van der Waals surface area contributed by atoms with Crippen LogP contribution < -0.4 is 5.73 Å². The van der Waals surface area contributed by atoms with E-state index >= 15 is 0 Å². The van der Waals surface area contributed by atoms with Gasteiger partial charge < -0.3 is 10.6 Å². The molecule has 5 nitrogen and oxygen atoms in total. The summed E-state index contributed by atoms with van der Waals surface area (Å²) in [7, 11) is -1.51. The highest BCUT2D eigenvalue weighted by molar-refractivity contribution is 7.89. The minimum Gasteiger partial charge on any atom is -0.326 e. The van der Waals surface area contributed by atoms with Crippen molar-refractivity contribution in [3.63, 3.8) is 0 Å². The Balaban J connectivity index is 2.34. The average molecular weight is 332 g/mol. The number of hydrogen-bond donors (Lipinski definition) is 1. The zero-order valence-electron chi connectivity index (χ0n) is 12.4. The molecule has 0 bridgehead atoms. The number of sulfonamides is 1. The van der Waals surface area contributed by atoms with Crippen LogP contribution in [-0.2, 0) is 16.6 Å². The second-order valence-electron chi connectivity index (χ2n) is 5.54. The molecule has 1 saturated heterocycles. The highest BCUT2D eigenvalue weighted by atomic mass is 35.5. The quantitative estimate of drug-likeness (QED) is 0.911. The van der Waals surface area contributed by atoms with Gasteiger partial charge in [0, 0.05) is 30.7 Å². The Kier molecular flexibility index (Phi) is 5.27. The van der Waals surface area contributed by atoms with E-state index in [9.17, 15) is 8.42 Å². The normalized spacial score (nSPS) is 22.2. The van der Waals surface area contributed by atoms with E-state index in [0.717, 1.165) is 25.1 Å². The fourth-order valence-corrected chi connectivity index (χ4v) is 4.71. The lowest BCUT2D eigenvalue weighted by Crippen LogP contribution is -2.41. The van der Waals surface area contributed by atoms with Gasteiger partial charge in [-0.25, -0.2) is 8.42 Å². The van der Waals surface area contributed by atoms with Crippen LogP contribution in [0.2, 0.25) is 5.02 Å². The predicted molar refractivity (Wildman–Crippen MR) is 84.8 cm³/mol. The SMILES string of the molecule is CC1CN(C)CCCN1S(=O)(=O)c1ccc(CN)c(Cl)c1. The Bertz CT molecular complexity index is 606. The van der Waals surface area contributed by atoms with Crippen molar-refractivity contribution in [1.29, 1.82) is 0 Å². The number of rotatable bonds is 3. The van der Waals surface area contributed by atoms with Crippen molar-refractivity contribution in [3.8, 4) is 0 Å². The summed E-state index contributed by atoms with van der Waals surface area (Å²) >= 11 is 6.10. The number of benzene rings is 1. The molecule has 0 amide bonds. The minimum atomic E-state index is -3.52. The molecule has 1 aliphatic rings. The van der Waals surface area contributed by atoms with E-state index in [4.69, 9.17) is 17.3 Å². The van der Waals surface area contributed by atoms with Gasteiger partial charge in [0.1, 0.15) is 0 Å². The molecule has 2 N–H and O–H groups in total. The third-order valence-electron chi connectivity index (χ3n) is 3.84. The van der Waals surface area contributed by atoms with Crippen LogP contribution in [0, 0.1) is 0 Å². The van der Waals surface area contributed by atoms with Crippen molar-refractivity contribution in [2.45, 2.75) is 30.8 Å². The molecule has 0 aromatic heterocycles. The lowest BCUT2D eigenvalue weighted by molar-refractivity contribution is 0.290. The zero-order chi connectivity index (χ0) is 15.6. The molecule has 1 unspecified atom stereocenters. The Labute approximate surface area is 131 Å². The monoisotopic (exact) mass is 331 g/mol. The summed E-state index contributed by atoms with van der Waals surface area (Å²) in [5.41, 5.74) is 6.31. The van der Waals surface area contributed by atoms with Crippen LogP contribution in [0.25, 0.3) is 0 Å². The lowest BCUT2D eigenvalue weighted by Gasteiger charge is -2.27. The van der Waals surface area contributed by atoms with Gasteiger partial charge in [-0.05, 0) is 44.6 Å². The minimum absolute atomic E-state index is 0.0598. The second-order valence-corrected chi connectivity index (χ2v) is 7.84. The second kappa shape index (κ2) is 6.62. The molecule has 7 heteroatoms. The summed E-state index contributed by atoms with van der Waals surface area (Å²) in [5.74, 6) is 0. The van der Waals surface area contributed by atoms with Gasteiger partial charge in [0.05, 0.1) is 4.90 Å². The van der Waals surface area contributed by atoms with Gasteiger partial charge in [-0.2, -0.15) is 4.31 Å². The van der Waals surface area contributed by atoms with Crippen molar-refractivity contribution < 1.29 is 8.42 Å². The number of likely N-dealkylation sites (N-methyl/N-ethyl adjacent to an activating group) is 1. The van der Waals surface area contributed by atoms with Crippen LogP contribution in [0.15, 0.2) is 23.1 Å². The van der Waals surface area contributed by atoms with Crippen molar-refractivity contribution in [2.24, 2.45) is 5.73 Å². The van der Waals surface area contributed by atoms with Gasteiger partial charge in [-0.15, -0.1) is 0 Å². The number of nitrogens with zero attached hydrogens (tertiary/aromatic N) is 2. The summed E-state index contributed by atoms with van der Waals surface area (Å²) in [6, 6.07) is 4.71. The van der Waals surface area contributed by atoms with Crippen molar-refractivity contribution in [2.75, 3.05) is 26.7 Å². The maximum atomic E-state index is 12.8. The third kappa shape index (κ3) is 3.57. The van der Waals surface area contributed by atoms with Crippen LogP contribution in [-0.4, -0.2) is 50.3 Å². The van der Waals surface area contributed by atoms with Crippen LogP contribution in [0.4, 0.5) is 0 Å². The van der Waals surface area contributed by atoms with Crippen molar-refractivity contribution in [1.82, 2.24) is 9.21 Å². The predicted octanol–water partition coefficient (Wildman–Crippen LogP) is 1.51. The van der Waals surface area contributed by atoms with Crippen LogP contribution >= 0.6 is 11.6 Å². The molecule has 1 aromatic rings. The molecule has 1 fully saturated rings. The molecule has 1 heterocycles. The highest BCUT2D eigenvalue weighted by Gasteiger charge is 2.31. The van der Waals surface area contributed by atoms with E-state index in [-0.39, 0.29) is 10.9 Å². The topological polar surface area (TPSA) is 66.6 Å². The number of nitrogens with two attached hydrogens (primary N) is 1. The van der Waals surface area contributed by atoms with Crippen molar-refractivity contribution >= 4 is 21.6 Å². The van der Waals surface area contributed by atoms with Gasteiger partial charge in [0.25, 0.3) is 0 Å². The first-order chi connectivity index (χ1) is 9.86. The van der Waals surface area contributed by atoms with E-state index in [1.54, 1.807) is 16.4 Å². The smallest absolute Gasteiger partial charge is 0.243 e. The summed E-state index contributed by atoms with van der Waals surface area (Å²) in [4.78, 5) is 2.39. The van der Waals surface area contributed by atoms with E-state index in [1.807, 2.05) is 14.0 Å². The van der Waals surface area contributed by atoms with E-state index in [0.29, 0.717) is 18.1 Å². The van der Waals surface area contributed by atoms with Gasteiger partial charge in [0.15, 0.2) is 0 Å². The van der Waals surface area contributed by atoms with E-state index in [2.05, 4.69) is 4.90 Å². The molecule has 0 radical (unpaired) electrons. The Morgan fingerprint density at radius 1 is 1.38 bits per heavy atom. The maximum absolute atomic E-state index is 12.8. The molecule has 0 aliphatic carbocycles. The van der Waals surface area contributed by atoms with Gasteiger partial charge in [-0.3, -0.25) is 0 Å². The fraction of sp³-hybridized carbons (Fsp3) is 0.571. The maximum Gasteiger partial charge on any atom is 0.243 e. The standard InChI is InChI=1S/C14H22ClN3O2S/c1-11-10-17(2)6-3-7-18(11)21(19,20)13-5-4-12(9-16)14(15)8-13/h4-5,8,11H,3,6-7,9-10,16H2,1-2H3. The molecule has 2 rings (SSSR count). The van der Waals surface area contributed by atoms with Gasteiger partial charge in [0.2, 0.25) is 10.0 Å². The van der Waals surface area contributed by atoms with Gasteiger partial charge >= 0.3 is 0 Å². The van der Waals surface area contributed by atoms with Crippen LogP contribution in [0.3, 0.4) is 0 Å². The Hall–Kier alpha value is -0.660. The summed E-state index contributed by atoms with van der Waals surface area (Å²) in [6.45, 7) is 4.40. The molecular formula is C14H22ClN3O2S. The molecule has 1 aromatic carbocycles. The fourth-order valence-electron chi connectivity index (χ4n) is 2.70. The first kappa shape index (κ1) is 16.7. The largest absolute Gasteiger partial charge is 0.326 e. The summed E-state index contributed by atoms with van der Waals surface area (Å²) in [5, 5.41) is 0.401. The summed E-state index contributed by atoms with van der Waals surface area (Å²) in [6.07, 6.45) is 0.828. The summed E-state index contributed by atoms with van der Waals surface area (Å²) < 4.78 is 27.2. The van der Waals surface area contributed by atoms with E-state index in [1.165, 1.54) is 6.07 Å². The molecule has 0 spiro atoms. The van der Waals surface area contributed by atoms with Crippen molar-refractivity contribution in [3.05, 3.63) is 28.8 Å². The molecule has 1 aliphatic heterocycles. The highest BCUT2D eigenvalue weighted by Crippen LogP contribution is 2.25. The zero-order valence-corrected chi connectivity index (χ0v) is 14.0. The van der Waals surface area contributed by atoms with Crippen LogP contribution in [0.5, 0.6) is 0 Å². The lowest BCUT2D eigenvalue weighted by atomic mass is 10.2. The number of halogens is 1. The molecule has 118 valence electrons.